The Morgan fingerprint density at radius 2 is 2.14 bits per heavy atom. The second kappa shape index (κ2) is 6.32. The summed E-state index contributed by atoms with van der Waals surface area (Å²) in [6.45, 7) is 3.43. The first kappa shape index (κ1) is 15.4. The Kier molecular flexibility index (Phi) is 4.42. The number of hydrogen-bond donors (Lipinski definition) is 0. The molecule has 0 atom stereocenters. The lowest BCUT2D eigenvalue weighted by Gasteiger charge is -2.39. The number of aromatic nitrogens is 2. The van der Waals surface area contributed by atoms with E-state index < -0.39 is 5.41 Å². The highest BCUT2D eigenvalue weighted by molar-refractivity contribution is 6.99. The third-order valence-electron chi connectivity index (χ3n) is 4.67. The van der Waals surface area contributed by atoms with Crippen molar-refractivity contribution in [2.45, 2.75) is 39.0 Å². The van der Waals surface area contributed by atoms with Gasteiger partial charge in [0.1, 0.15) is 0 Å². The molecule has 1 aromatic rings. The molecular weight excluding hydrogens is 302 g/mol. The van der Waals surface area contributed by atoms with E-state index in [2.05, 4.69) is 8.75 Å². The minimum Gasteiger partial charge on any atom is -0.466 e. The normalized spacial score (nSPS) is 20.7. The second-order valence-corrected chi connectivity index (χ2v) is 6.79. The van der Waals surface area contributed by atoms with E-state index in [0.717, 1.165) is 18.1 Å². The maximum absolute atomic E-state index is 12.4. The molecule has 0 unspecified atom stereocenters. The van der Waals surface area contributed by atoms with E-state index in [1.165, 1.54) is 19.0 Å². The maximum atomic E-state index is 12.4. The molecule has 0 N–H and O–H groups in total. The van der Waals surface area contributed by atoms with Gasteiger partial charge in [-0.3, -0.25) is 9.59 Å². The zero-order valence-electron chi connectivity index (χ0n) is 12.8. The molecule has 0 bridgehead atoms. The average Bonchev–Trinajstić information content (AvgIpc) is 3.17. The summed E-state index contributed by atoms with van der Waals surface area (Å²) >= 11 is 1.04. The Balaban J connectivity index is 1.66. The van der Waals surface area contributed by atoms with E-state index in [1.807, 2.05) is 6.92 Å². The van der Waals surface area contributed by atoms with Crippen molar-refractivity contribution in [1.82, 2.24) is 13.6 Å². The zero-order valence-corrected chi connectivity index (χ0v) is 13.6. The van der Waals surface area contributed by atoms with Gasteiger partial charge in [0, 0.05) is 13.1 Å². The van der Waals surface area contributed by atoms with Crippen LogP contribution in [0.25, 0.3) is 0 Å². The fourth-order valence-electron chi connectivity index (χ4n) is 3.21. The second-order valence-electron chi connectivity index (χ2n) is 6.23. The molecular formula is C15H21N3O3S. The van der Waals surface area contributed by atoms with Crippen LogP contribution < -0.4 is 0 Å². The van der Waals surface area contributed by atoms with Crippen molar-refractivity contribution in [2.24, 2.45) is 11.3 Å². The molecule has 120 valence electrons. The van der Waals surface area contributed by atoms with Crippen molar-refractivity contribution in [3.05, 3.63) is 11.9 Å². The van der Waals surface area contributed by atoms with E-state index in [-0.39, 0.29) is 11.9 Å². The molecule has 1 amide bonds. The fraction of sp³-hybridized carbons (Fsp3) is 0.733. The van der Waals surface area contributed by atoms with Crippen molar-refractivity contribution in [3.63, 3.8) is 0 Å². The summed E-state index contributed by atoms with van der Waals surface area (Å²) in [7, 11) is 0. The summed E-state index contributed by atoms with van der Waals surface area (Å²) in [4.78, 5) is 26.5. The van der Waals surface area contributed by atoms with Crippen molar-refractivity contribution >= 4 is 23.6 Å². The van der Waals surface area contributed by atoms with Crippen LogP contribution in [0.1, 0.15) is 49.5 Å². The lowest BCUT2D eigenvalue weighted by Crippen LogP contribution is -2.47. The van der Waals surface area contributed by atoms with Crippen LogP contribution in [0.5, 0.6) is 0 Å². The number of hydrogen-bond acceptors (Lipinski definition) is 6. The van der Waals surface area contributed by atoms with Gasteiger partial charge in [-0.2, -0.15) is 8.75 Å². The summed E-state index contributed by atoms with van der Waals surface area (Å²) in [5.41, 5.74) is 0.00435. The minimum atomic E-state index is -0.395. The largest absolute Gasteiger partial charge is 0.466 e. The third-order valence-corrected chi connectivity index (χ3v) is 5.15. The minimum absolute atomic E-state index is 0.0793. The van der Waals surface area contributed by atoms with Gasteiger partial charge >= 0.3 is 5.97 Å². The molecule has 2 fully saturated rings. The smallest absolute Gasteiger partial charge is 0.312 e. The molecule has 6 nitrogen and oxygen atoms in total. The Morgan fingerprint density at radius 1 is 1.41 bits per heavy atom. The number of ether oxygens (including phenoxy) is 1. The fourth-order valence-corrected chi connectivity index (χ4v) is 3.62. The number of esters is 1. The Labute approximate surface area is 134 Å². The van der Waals surface area contributed by atoms with E-state index in [4.69, 9.17) is 4.74 Å². The molecule has 2 aliphatic rings. The van der Waals surface area contributed by atoms with Crippen molar-refractivity contribution < 1.29 is 14.3 Å². The molecule has 3 rings (SSSR count). The first-order valence-electron chi connectivity index (χ1n) is 7.89. The van der Waals surface area contributed by atoms with Crippen LogP contribution in [0.4, 0.5) is 0 Å². The van der Waals surface area contributed by atoms with Crippen LogP contribution in [0.2, 0.25) is 0 Å². The van der Waals surface area contributed by atoms with Crippen molar-refractivity contribution in [3.8, 4) is 0 Å². The third kappa shape index (κ3) is 3.14. The van der Waals surface area contributed by atoms with Gasteiger partial charge in [0.05, 0.1) is 29.9 Å². The van der Waals surface area contributed by atoms with Gasteiger partial charge in [-0.25, -0.2) is 0 Å². The van der Waals surface area contributed by atoms with Gasteiger partial charge < -0.3 is 9.64 Å². The van der Waals surface area contributed by atoms with Gasteiger partial charge in [0.25, 0.3) is 5.91 Å². The van der Waals surface area contributed by atoms with Crippen LogP contribution in [0.15, 0.2) is 6.20 Å². The SMILES string of the molecule is CCOC(=O)C1(CC2CC2)CCN(C(=O)c2cnsn2)CC1. The van der Waals surface area contributed by atoms with Gasteiger partial charge in [-0.15, -0.1) is 0 Å². The van der Waals surface area contributed by atoms with Gasteiger partial charge in [0.2, 0.25) is 0 Å². The standard InChI is InChI=1S/C15H21N3O3S/c1-2-21-14(20)15(9-11-3-4-11)5-7-18(8-6-15)13(19)12-10-16-22-17-12/h10-11H,2-9H2,1H3. The first-order chi connectivity index (χ1) is 10.6. The van der Waals surface area contributed by atoms with Crippen LogP contribution in [-0.4, -0.2) is 45.2 Å². The van der Waals surface area contributed by atoms with Gasteiger partial charge in [-0.1, -0.05) is 12.8 Å². The molecule has 1 aliphatic heterocycles. The van der Waals surface area contributed by atoms with Crippen LogP contribution >= 0.6 is 11.7 Å². The van der Waals surface area contributed by atoms with Crippen LogP contribution in [-0.2, 0) is 9.53 Å². The Hall–Kier alpha value is -1.50. The van der Waals surface area contributed by atoms with Crippen LogP contribution in [0, 0.1) is 11.3 Å². The molecule has 0 radical (unpaired) electrons. The number of likely N-dealkylation sites (tertiary alicyclic amines) is 1. The summed E-state index contributed by atoms with van der Waals surface area (Å²) in [6, 6.07) is 0. The van der Waals surface area contributed by atoms with Gasteiger partial charge in [0.15, 0.2) is 5.69 Å². The van der Waals surface area contributed by atoms with E-state index in [1.54, 1.807) is 4.90 Å². The lowest BCUT2D eigenvalue weighted by molar-refractivity contribution is -0.159. The zero-order chi connectivity index (χ0) is 15.6. The summed E-state index contributed by atoms with van der Waals surface area (Å²) in [6.07, 6.45) is 6.22. The highest BCUT2D eigenvalue weighted by Crippen LogP contribution is 2.46. The predicted octanol–water partition coefficient (Wildman–Crippen LogP) is 2.12. The Morgan fingerprint density at radius 3 is 2.68 bits per heavy atom. The molecule has 0 aromatic carbocycles. The Bertz CT molecular complexity index is 534. The highest BCUT2D eigenvalue weighted by atomic mass is 32.1. The molecule has 0 spiro atoms. The molecule has 2 heterocycles. The van der Waals surface area contributed by atoms with Crippen molar-refractivity contribution in [2.75, 3.05) is 19.7 Å². The molecule has 22 heavy (non-hydrogen) atoms. The van der Waals surface area contributed by atoms with E-state index in [0.29, 0.717) is 44.1 Å². The highest BCUT2D eigenvalue weighted by Gasteiger charge is 2.46. The number of rotatable bonds is 5. The van der Waals surface area contributed by atoms with E-state index >= 15 is 0 Å². The maximum Gasteiger partial charge on any atom is 0.312 e. The number of amides is 1. The van der Waals surface area contributed by atoms with Crippen LogP contribution in [0.3, 0.4) is 0 Å². The summed E-state index contributed by atoms with van der Waals surface area (Å²) in [5.74, 6) is 0.497. The number of nitrogens with zero attached hydrogens (tertiary/aromatic N) is 3. The number of carbonyl (C=O) groups excluding carboxylic acids is 2. The molecule has 1 aliphatic carbocycles. The number of piperidine rings is 1. The van der Waals surface area contributed by atoms with Gasteiger partial charge in [-0.05, 0) is 32.1 Å². The quantitative estimate of drug-likeness (QED) is 0.776. The number of carbonyl (C=O) groups is 2. The predicted molar refractivity (Wildman–Crippen MR) is 81.5 cm³/mol. The lowest BCUT2D eigenvalue weighted by atomic mass is 9.74. The summed E-state index contributed by atoms with van der Waals surface area (Å²) < 4.78 is 13.2. The molecule has 1 saturated carbocycles. The molecule has 7 heteroatoms. The monoisotopic (exact) mass is 323 g/mol. The topological polar surface area (TPSA) is 72.4 Å². The summed E-state index contributed by atoms with van der Waals surface area (Å²) in [5, 5.41) is 0. The average molecular weight is 323 g/mol. The molecule has 1 saturated heterocycles. The molecule has 1 aromatic heterocycles. The first-order valence-corrected chi connectivity index (χ1v) is 8.62. The van der Waals surface area contributed by atoms with Crippen molar-refractivity contribution in [1.29, 1.82) is 0 Å². The van der Waals surface area contributed by atoms with E-state index in [9.17, 15) is 9.59 Å².